The van der Waals surface area contributed by atoms with Crippen molar-refractivity contribution < 1.29 is 26.7 Å². The molecule has 2 saturated heterocycles. The fourth-order valence-corrected chi connectivity index (χ4v) is 8.62. The second kappa shape index (κ2) is 12.9. The molecule has 41 heavy (non-hydrogen) atoms. The molecule has 0 aromatic heterocycles. The van der Waals surface area contributed by atoms with Crippen LogP contribution < -0.4 is 0 Å². The van der Waals surface area contributed by atoms with E-state index >= 15 is 0 Å². The average molecular weight is 610 g/mol. The summed E-state index contributed by atoms with van der Waals surface area (Å²) in [4.78, 5) is 17.4. The van der Waals surface area contributed by atoms with E-state index in [2.05, 4.69) is 4.90 Å². The van der Waals surface area contributed by atoms with Crippen molar-refractivity contribution >= 4 is 27.7 Å². The number of benzene rings is 2. The van der Waals surface area contributed by atoms with Crippen molar-refractivity contribution in [3.8, 4) is 0 Å². The van der Waals surface area contributed by atoms with Gasteiger partial charge in [-0.05, 0) is 69.4 Å². The number of nitrogens with zero attached hydrogens (tertiary/aromatic N) is 3. The van der Waals surface area contributed by atoms with Crippen molar-refractivity contribution in [3.05, 3.63) is 64.7 Å². The lowest BCUT2D eigenvalue weighted by atomic mass is 9.93. The van der Waals surface area contributed by atoms with Crippen LogP contribution in [0.15, 0.2) is 47.4 Å². The van der Waals surface area contributed by atoms with Crippen LogP contribution in [0.25, 0.3) is 0 Å². The zero-order chi connectivity index (χ0) is 29.1. The van der Waals surface area contributed by atoms with Crippen molar-refractivity contribution in [2.75, 3.05) is 26.2 Å². The first-order valence-corrected chi connectivity index (χ1v) is 16.4. The van der Waals surface area contributed by atoms with Gasteiger partial charge in [-0.3, -0.25) is 4.90 Å². The van der Waals surface area contributed by atoms with Gasteiger partial charge in [0.05, 0.1) is 17.0 Å². The largest absolute Gasteiger partial charge is 0.448 e. The highest BCUT2D eigenvalue weighted by Crippen LogP contribution is 2.40. The SMILES string of the molecule is C[C@H]1CN(C2CCCCC2)CCN1C(=O)OC[C@H]1CCC[C@@H](c2cccc(F)c2F)N1S(=O)(=O)c1ccc(Cl)cc1. The first kappa shape index (κ1) is 30.2. The molecule has 0 spiro atoms. The summed E-state index contributed by atoms with van der Waals surface area (Å²) in [6, 6.07) is 8.35. The van der Waals surface area contributed by atoms with E-state index in [9.17, 15) is 22.0 Å². The van der Waals surface area contributed by atoms with Gasteiger partial charge in [0.2, 0.25) is 10.0 Å². The highest BCUT2D eigenvalue weighted by atomic mass is 35.5. The number of piperidine rings is 1. The maximum Gasteiger partial charge on any atom is 0.410 e. The number of piperazine rings is 1. The van der Waals surface area contributed by atoms with E-state index in [1.807, 2.05) is 6.92 Å². The number of carbonyl (C=O) groups excluding carboxylic acids is 1. The molecule has 3 aliphatic rings. The lowest BCUT2D eigenvalue weighted by Gasteiger charge is -2.44. The lowest BCUT2D eigenvalue weighted by molar-refractivity contribution is 0.0183. The quantitative estimate of drug-likeness (QED) is 0.380. The summed E-state index contributed by atoms with van der Waals surface area (Å²) in [6.45, 7) is 3.93. The van der Waals surface area contributed by atoms with Gasteiger partial charge >= 0.3 is 6.09 Å². The molecular formula is C30H38ClF2N3O4S. The third-order valence-electron chi connectivity index (χ3n) is 8.80. The van der Waals surface area contributed by atoms with Gasteiger partial charge in [0.25, 0.3) is 0 Å². The van der Waals surface area contributed by atoms with Crippen LogP contribution >= 0.6 is 11.6 Å². The normalized spacial score (nSPS) is 25.3. The van der Waals surface area contributed by atoms with E-state index in [-0.39, 0.29) is 23.1 Å². The van der Waals surface area contributed by atoms with Crippen molar-refractivity contribution in [1.82, 2.24) is 14.1 Å². The molecule has 0 N–H and O–H groups in total. The Morgan fingerprint density at radius 2 is 1.71 bits per heavy atom. The van der Waals surface area contributed by atoms with E-state index in [0.717, 1.165) is 19.2 Å². The van der Waals surface area contributed by atoms with Crippen LogP contribution in [0.2, 0.25) is 5.02 Å². The molecule has 0 radical (unpaired) electrons. The Labute approximate surface area is 246 Å². The van der Waals surface area contributed by atoms with Gasteiger partial charge in [0.15, 0.2) is 11.6 Å². The minimum atomic E-state index is -4.18. The zero-order valence-electron chi connectivity index (χ0n) is 23.4. The molecule has 0 bridgehead atoms. The van der Waals surface area contributed by atoms with E-state index in [4.69, 9.17) is 16.3 Å². The van der Waals surface area contributed by atoms with Crippen LogP contribution in [0.5, 0.6) is 0 Å². The van der Waals surface area contributed by atoms with Gasteiger partial charge in [-0.15, -0.1) is 0 Å². The Morgan fingerprint density at radius 1 is 0.976 bits per heavy atom. The molecular weight excluding hydrogens is 572 g/mol. The van der Waals surface area contributed by atoms with Crippen LogP contribution in [0.1, 0.15) is 69.9 Å². The Morgan fingerprint density at radius 3 is 2.41 bits per heavy atom. The van der Waals surface area contributed by atoms with E-state index in [0.29, 0.717) is 36.9 Å². The topological polar surface area (TPSA) is 70.2 Å². The predicted molar refractivity (Wildman–Crippen MR) is 153 cm³/mol. The van der Waals surface area contributed by atoms with E-state index < -0.39 is 39.8 Å². The van der Waals surface area contributed by atoms with Crippen LogP contribution in [0, 0.1) is 11.6 Å². The number of hydrogen-bond donors (Lipinski definition) is 0. The summed E-state index contributed by atoms with van der Waals surface area (Å²) in [7, 11) is -4.18. The summed E-state index contributed by atoms with van der Waals surface area (Å²) < 4.78 is 64.2. The minimum absolute atomic E-state index is 0.0191. The van der Waals surface area contributed by atoms with Crippen LogP contribution in [-0.2, 0) is 14.8 Å². The second-order valence-corrected chi connectivity index (χ2v) is 13.7. The standard InChI is InChI=1S/C30H38ClF2N3O4S/c1-21-19-34(23-7-3-2-4-8-23)17-18-35(21)30(37)40-20-24-9-5-12-28(26-10-6-11-27(32)29(26)33)36(24)41(38,39)25-15-13-22(31)14-16-25/h6,10-11,13-16,21,23-24,28H,2-5,7-9,12,17-20H2,1H3/t21-,24+,28-/m0/s1. The number of ether oxygens (including phenoxy) is 1. The van der Waals surface area contributed by atoms with Gasteiger partial charge in [0, 0.05) is 42.3 Å². The van der Waals surface area contributed by atoms with E-state index in [1.165, 1.54) is 72.8 Å². The maximum absolute atomic E-state index is 15.0. The van der Waals surface area contributed by atoms with Crippen LogP contribution in [-0.4, -0.2) is 73.0 Å². The molecule has 7 nitrogen and oxygen atoms in total. The van der Waals surface area contributed by atoms with Crippen molar-refractivity contribution in [1.29, 1.82) is 0 Å². The molecule has 3 atom stereocenters. The molecule has 1 amide bonds. The molecule has 11 heteroatoms. The first-order chi connectivity index (χ1) is 19.7. The molecule has 5 rings (SSSR count). The number of carbonyl (C=O) groups is 1. The van der Waals surface area contributed by atoms with E-state index in [1.54, 1.807) is 4.90 Å². The number of halogens is 3. The summed E-state index contributed by atoms with van der Waals surface area (Å²) in [5.41, 5.74) is -0.0361. The molecule has 3 fully saturated rings. The zero-order valence-corrected chi connectivity index (χ0v) is 24.9. The number of amides is 1. The Hall–Kier alpha value is -2.27. The molecule has 2 aromatic rings. The highest BCUT2D eigenvalue weighted by Gasteiger charge is 2.43. The third kappa shape index (κ3) is 6.55. The summed E-state index contributed by atoms with van der Waals surface area (Å²) in [6.07, 6.45) is 6.98. The first-order valence-electron chi connectivity index (χ1n) is 14.6. The van der Waals surface area contributed by atoms with Crippen molar-refractivity contribution in [2.45, 2.75) is 87.4 Å². The fraction of sp³-hybridized carbons (Fsp3) is 0.567. The molecule has 2 aromatic carbocycles. The molecule has 2 heterocycles. The molecule has 224 valence electrons. The van der Waals surface area contributed by atoms with Gasteiger partial charge in [0.1, 0.15) is 6.61 Å². The molecule has 2 aliphatic heterocycles. The number of sulfonamides is 1. The van der Waals surface area contributed by atoms with Gasteiger partial charge < -0.3 is 9.64 Å². The van der Waals surface area contributed by atoms with Crippen molar-refractivity contribution in [3.63, 3.8) is 0 Å². The Balaban J connectivity index is 1.34. The van der Waals surface area contributed by atoms with Gasteiger partial charge in [-0.25, -0.2) is 22.0 Å². The molecule has 1 saturated carbocycles. The van der Waals surface area contributed by atoms with Gasteiger partial charge in [-0.1, -0.05) is 43.0 Å². The second-order valence-electron chi connectivity index (χ2n) is 11.4. The fourth-order valence-electron chi connectivity index (χ4n) is 6.66. The van der Waals surface area contributed by atoms with Crippen LogP contribution in [0.4, 0.5) is 13.6 Å². The smallest absolute Gasteiger partial charge is 0.410 e. The minimum Gasteiger partial charge on any atom is -0.448 e. The van der Waals surface area contributed by atoms with Crippen molar-refractivity contribution in [2.24, 2.45) is 0 Å². The maximum atomic E-state index is 15.0. The summed E-state index contributed by atoms with van der Waals surface area (Å²) in [5, 5.41) is 0.374. The number of hydrogen-bond acceptors (Lipinski definition) is 5. The molecule has 1 aliphatic carbocycles. The monoisotopic (exact) mass is 609 g/mol. The number of rotatable bonds is 6. The highest BCUT2D eigenvalue weighted by molar-refractivity contribution is 7.89. The van der Waals surface area contributed by atoms with Gasteiger partial charge in [-0.2, -0.15) is 4.31 Å². The third-order valence-corrected chi connectivity index (χ3v) is 11.0. The Bertz CT molecular complexity index is 1320. The molecule has 0 unspecified atom stereocenters. The Kier molecular flexibility index (Phi) is 9.53. The predicted octanol–water partition coefficient (Wildman–Crippen LogP) is 6.38. The van der Waals surface area contributed by atoms with Crippen LogP contribution in [0.3, 0.4) is 0 Å². The summed E-state index contributed by atoms with van der Waals surface area (Å²) >= 11 is 6.00. The lowest BCUT2D eigenvalue weighted by Crippen LogP contribution is -2.57. The summed E-state index contributed by atoms with van der Waals surface area (Å²) in [5.74, 6) is -2.11. The average Bonchev–Trinajstić information content (AvgIpc) is 2.97.